The molecule has 0 aliphatic rings. The van der Waals surface area contributed by atoms with E-state index in [9.17, 15) is 4.79 Å². The van der Waals surface area contributed by atoms with Crippen LogP contribution in [0.15, 0.2) is 16.6 Å². The number of aryl methyl sites for hydroxylation is 1. The number of ether oxygens (including phenoxy) is 2. The van der Waals surface area contributed by atoms with E-state index in [0.29, 0.717) is 25.6 Å². The van der Waals surface area contributed by atoms with Crippen LogP contribution >= 0.6 is 15.9 Å². The van der Waals surface area contributed by atoms with Gasteiger partial charge in [-0.25, -0.2) is 4.79 Å². The standard InChI is InChI=1S/C14H19BrO4/c1-3-4-5-18-6-7-19-13-10(2)8-11(15)9-12(13)14(16)17/h8-9H,3-7H2,1-2H3,(H,16,17). The number of unbranched alkanes of at least 4 members (excludes halogenated alkanes) is 1. The van der Waals surface area contributed by atoms with Gasteiger partial charge in [0.25, 0.3) is 0 Å². The van der Waals surface area contributed by atoms with Crippen LogP contribution in [0.2, 0.25) is 0 Å². The molecule has 0 aliphatic heterocycles. The number of hydrogen-bond donors (Lipinski definition) is 1. The van der Waals surface area contributed by atoms with Gasteiger partial charge in [0.05, 0.1) is 6.61 Å². The van der Waals surface area contributed by atoms with Crippen molar-refractivity contribution in [3.8, 4) is 5.75 Å². The van der Waals surface area contributed by atoms with Crippen LogP contribution < -0.4 is 4.74 Å². The molecule has 0 aromatic heterocycles. The summed E-state index contributed by atoms with van der Waals surface area (Å²) in [5.74, 6) is -0.582. The first-order valence-electron chi connectivity index (χ1n) is 6.30. The smallest absolute Gasteiger partial charge is 0.339 e. The number of rotatable bonds is 8. The molecule has 0 amide bonds. The first-order valence-corrected chi connectivity index (χ1v) is 7.09. The second kappa shape index (κ2) is 8.17. The lowest BCUT2D eigenvalue weighted by atomic mass is 10.1. The molecule has 0 aliphatic carbocycles. The summed E-state index contributed by atoms with van der Waals surface area (Å²) < 4.78 is 11.6. The van der Waals surface area contributed by atoms with Gasteiger partial charge in [0.2, 0.25) is 0 Å². The fraction of sp³-hybridized carbons (Fsp3) is 0.500. The monoisotopic (exact) mass is 330 g/mol. The molecule has 106 valence electrons. The van der Waals surface area contributed by atoms with Crippen molar-refractivity contribution < 1.29 is 19.4 Å². The van der Waals surface area contributed by atoms with Gasteiger partial charge in [0.1, 0.15) is 17.9 Å². The van der Waals surface area contributed by atoms with E-state index < -0.39 is 5.97 Å². The van der Waals surface area contributed by atoms with Crippen LogP contribution in [0.1, 0.15) is 35.7 Å². The molecule has 0 unspecified atom stereocenters. The van der Waals surface area contributed by atoms with Crippen LogP contribution in [0.5, 0.6) is 5.75 Å². The van der Waals surface area contributed by atoms with E-state index in [4.69, 9.17) is 14.6 Å². The molecule has 1 aromatic carbocycles. The molecule has 0 radical (unpaired) electrons. The Kier molecular flexibility index (Phi) is 6.87. The van der Waals surface area contributed by atoms with Crippen LogP contribution in [-0.2, 0) is 4.74 Å². The third-order valence-electron chi connectivity index (χ3n) is 2.59. The Labute approximate surface area is 121 Å². The van der Waals surface area contributed by atoms with Crippen LogP contribution in [0.3, 0.4) is 0 Å². The maximum Gasteiger partial charge on any atom is 0.339 e. The van der Waals surface area contributed by atoms with Crippen LogP contribution in [0.4, 0.5) is 0 Å². The summed E-state index contributed by atoms with van der Waals surface area (Å²) >= 11 is 3.28. The predicted octanol–water partition coefficient (Wildman–Crippen LogP) is 3.65. The topological polar surface area (TPSA) is 55.8 Å². The van der Waals surface area contributed by atoms with Gasteiger partial charge < -0.3 is 14.6 Å². The molecule has 0 atom stereocenters. The Morgan fingerprint density at radius 1 is 1.32 bits per heavy atom. The molecular formula is C14H19BrO4. The molecule has 0 heterocycles. The highest BCUT2D eigenvalue weighted by Gasteiger charge is 2.15. The lowest BCUT2D eigenvalue weighted by molar-refractivity contribution is 0.0684. The Bertz CT molecular complexity index is 432. The lowest BCUT2D eigenvalue weighted by Gasteiger charge is -2.12. The molecule has 0 fully saturated rings. The average molecular weight is 331 g/mol. The second-order valence-corrected chi connectivity index (χ2v) is 5.13. The zero-order valence-corrected chi connectivity index (χ0v) is 12.8. The number of carboxylic acid groups (broad SMARTS) is 1. The molecule has 4 nitrogen and oxygen atoms in total. The van der Waals surface area contributed by atoms with Gasteiger partial charge in [-0.2, -0.15) is 0 Å². The highest BCUT2D eigenvalue weighted by atomic mass is 79.9. The third kappa shape index (κ3) is 5.20. The van der Waals surface area contributed by atoms with Crippen molar-refractivity contribution in [2.45, 2.75) is 26.7 Å². The molecule has 19 heavy (non-hydrogen) atoms. The number of benzene rings is 1. The normalized spacial score (nSPS) is 10.5. The molecule has 0 bridgehead atoms. The largest absolute Gasteiger partial charge is 0.490 e. The van der Waals surface area contributed by atoms with Gasteiger partial charge in [-0.1, -0.05) is 29.3 Å². The van der Waals surface area contributed by atoms with Crippen molar-refractivity contribution in [3.05, 3.63) is 27.7 Å². The molecular weight excluding hydrogens is 312 g/mol. The Morgan fingerprint density at radius 2 is 2.05 bits per heavy atom. The van der Waals surface area contributed by atoms with E-state index >= 15 is 0 Å². The van der Waals surface area contributed by atoms with Gasteiger partial charge in [-0.15, -0.1) is 0 Å². The average Bonchev–Trinajstić information content (AvgIpc) is 2.34. The summed E-state index contributed by atoms with van der Waals surface area (Å²) in [4.78, 5) is 11.2. The number of hydrogen-bond acceptors (Lipinski definition) is 3. The maximum atomic E-state index is 11.2. The van der Waals surface area contributed by atoms with E-state index in [2.05, 4.69) is 22.9 Å². The minimum atomic E-state index is -0.994. The van der Waals surface area contributed by atoms with E-state index in [1.807, 2.05) is 13.0 Å². The van der Waals surface area contributed by atoms with Crippen molar-refractivity contribution >= 4 is 21.9 Å². The number of halogens is 1. The van der Waals surface area contributed by atoms with Crippen molar-refractivity contribution in [3.63, 3.8) is 0 Å². The fourth-order valence-corrected chi connectivity index (χ4v) is 2.20. The SMILES string of the molecule is CCCCOCCOc1c(C)cc(Br)cc1C(=O)O. The Balaban J connectivity index is 2.59. The Morgan fingerprint density at radius 3 is 2.68 bits per heavy atom. The zero-order valence-electron chi connectivity index (χ0n) is 11.2. The molecule has 1 N–H and O–H groups in total. The fourth-order valence-electron chi connectivity index (χ4n) is 1.63. The van der Waals surface area contributed by atoms with Crippen molar-refractivity contribution in [2.24, 2.45) is 0 Å². The van der Waals surface area contributed by atoms with E-state index in [-0.39, 0.29) is 5.56 Å². The quantitative estimate of drug-likeness (QED) is 0.739. The van der Waals surface area contributed by atoms with E-state index in [1.165, 1.54) is 0 Å². The predicted molar refractivity (Wildman–Crippen MR) is 77.1 cm³/mol. The molecule has 1 aromatic rings. The highest BCUT2D eigenvalue weighted by Crippen LogP contribution is 2.28. The van der Waals surface area contributed by atoms with Crippen molar-refractivity contribution in [1.82, 2.24) is 0 Å². The molecule has 0 saturated heterocycles. The number of aromatic carboxylic acids is 1. The third-order valence-corrected chi connectivity index (χ3v) is 3.04. The minimum absolute atomic E-state index is 0.167. The summed E-state index contributed by atoms with van der Waals surface area (Å²) in [6.45, 7) is 5.46. The van der Waals surface area contributed by atoms with E-state index in [0.717, 1.165) is 22.9 Å². The summed E-state index contributed by atoms with van der Waals surface area (Å²) in [6, 6.07) is 3.38. The minimum Gasteiger partial charge on any atom is -0.490 e. The van der Waals surface area contributed by atoms with Gasteiger partial charge in [0, 0.05) is 11.1 Å². The van der Waals surface area contributed by atoms with Gasteiger partial charge in [-0.05, 0) is 31.0 Å². The first-order chi connectivity index (χ1) is 9.06. The van der Waals surface area contributed by atoms with Gasteiger partial charge in [-0.3, -0.25) is 0 Å². The van der Waals surface area contributed by atoms with Crippen LogP contribution in [0, 0.1) is 6.92 Å². The highest BCUT2D eigenvalue weighted by molar-refractivity contribution is 9.10. The summed E-state index contributed by atoms with van der Waals surface area (Å²) in [6.07, 6.45) is 2.12. The maximum absolute atomic E-state index is 11.2. The Hall–Kier alpha value is -1.07. The van der Waals surface area contributed by atoms with Gasteiger partial charge in [0.15, 0.2) is 0 Å². The number of carbonyl (C=O) groups is 1. The molecule has 1 rings (SSSR count). The van der Waals surface area contributed by atoms with Crippen LogP contribution in [0.25, 0.3) is 0 Å². The summed E-state index contributed by atoms with van der Waals surface area (Å²) in [5, 5.41) is 9.16. The van der Waals surface area contributed by atoms with Gasteiger partial charge >= 0.3 is 5.97 Å². The second-order valence-electron chi connectivity index (χ2n) is 4.22. The van der Waals surface area contributed by atoms with Crippen molar-refractivity contribution in [2.75, 3.05) is 19.8 Å². The van der Waals surface area contributed by atoms with Crippen LogP contribution in [-0.4, -0.2) is 30.9 Å². The van der Waals surface area contributed by atoms with Crippen molar-refractivity contribution in [1.29, 1.82) is 0 Å². The summed E-state index contributed by atoms with van der Waals surface area (Å²) in [5.41, 5.74) is 0.959. The first kappa shape index (κ1) is 16.0. The lowest BCUT2D eigenvalue weighted by Crippen LogP contribution is -2.11. The summed E-state index contributed by atoms with van der Waals surface area (Å²) in [7, 11) is 0. The molecule has 5 heteroatoms. The number of carboxylic acids is 1. The molecule has 0 saturated carbocycles. The zero-order chi connectivity index (χ0) is 14.3. The van der Waals surface area contributed by atoms with E-state index in [1.54, 1.807) is 6.07 Å². The molecule has 0 spiro atoms.